The maximum atomic E-state index is 11.2. The highest BCUT2D eigenvalue weighted by Crippen LogP contribution is 2.24. The van der Waals surface area contributed by atoms with Gasteiger partial charge >= 0.3 is 5.97 Å². The van der Waals surface area contributed by atoms with Crippen LogP contribution >= 0.6 is 0 Å². The minimum absolute atomic E-state index is 0.411. The van der Waals surface area contributed by atoms with E-state index in [-0.39, 0.29) is 0 Å². The Balaban J connectivity index is 1.93. The molecule has 0 saturated carbocycles. The lowest BCUT2D eigenvalue weighted by Gasteiger charge is -2.07. The van der Waals surface area contributed by atoms with Gasteiger partial charge in [0.1, 0.15) is 0 Å². The molecule has 0 saturated heterocycles. The number of allylic oxidation sites excluding steroid dienone is 3. The van der Waals surface area contributed by atoms with E-state index in [1.165, 1.54) is 13.2 Å². The number of carbonyl (C=O) groups excluding carboxylic acids is 1. The minimum Gasteiger partial charge on any atom is -0.466 e. The Morgan fingerprint density at radius 3 is 2.30 bits per heavy atom. The van der Waals surface area contributed by atoms with E-state index < -0.39 is 5.97 Å². The molecule has 0 bridgehead atoms. The van der Waals surface area contributed by atoms with Crippen molar-refractivity contribution in [1.29, 1.82) is 5.26 Å². The van der Waals surface area contributed by atoms with Crippen LogP contribution in [0.5, 0.6) is 0 Å². The molecule has 0 aliphatic rings. The van der Waals surface area contributed by atoms with Gasteiger partial charge in [-0.15, -0.1) is 0 Å². The highest BCUT2D eigenvalue weighted by molar-refractivity contribution is 5.87. The highest BCUT2D eigenvalue weighted by Gasteiger charge is 2.05. The van der Waals surface area contributed by atoms with Crippen molar-refractivity contribution < 1.29 is 9.53 Å². The zero-order chi connectivity index (χ0) is 21.2. The first kappa shape index (κ1) is 20.5. The van der Waals surface area contributed by atoms with Crippen LogP contribution < -0.4 is 0 Å². The molecule has 0 radical (unpaired) electrons. The van der Waals surface area contributed by atoms with E-state index in [0.29, 0.717) is 5.57 Å². The molecule has 4 nitrogen and oxygen atoms in total. The van der Waals surface area contributed by atoms with Crippen LogP contribution in [0.2, 0.25) is 0 Å². The van der Waals surface area contributed by atoms with E-state index in [0.717, 1.165) is 27.8 Å². The minimum atomic E-state index is -0.411. The van der Waals surface area contributed by atoms with E-state index in [1.807, 2.05) is 78.9 Å². The van der Waals surface area contributed by atoms with Crippen LogP contribution in [0.1, 0.15) is 22.3 Å². The van der Waals surface area contributed by atoms with Crippen LogP contribution in [-0.4, -0.2) is 18.1 Å². The molecule has 0 fully saturated rings. The summed E-state index contributed by atoms with van der Waals surface area (Å²) in [6, 6.07) is 23.5. The standard InChI is InChI=1S/C26H20N2O2/c1-30-26(29)16-11-20-9-12-21(13-10-20)23(18-27)14-15-25(22-6-3-2-4-7-22)24-8-5-17-28-19-24/h2-17,19H,1H3. The summed E-state index contributed by atoms with van der Waals surface area (Å²) in [5.41, 5.74) is 5.17. The van der Waals surface area contributed by atoms with Crippen molar-refractivity contribution in [1.82, 2.24) is 4.98 Å². The summed E-state index contributed by atoms with van der Waals surface area (Å²) in [5, 5.41) is 9.68. The Bertz CT molecular complexity index is 1080. The van der Waals surface area contributed by atoms with Crippen molar-refractivity contribution in [3.8, 4) is 6.07 Å². The molecular formula is C26H20N2O2. The van der Waals surface area contributed by atoms with E-state index in [1.54, 1.807) is 18.5 Å². The molecule has 0 aliphatic carbocycles. The van der Waals surface area contributed by atoms with Gasteiger partial charge in [0.25, 0.3) is 0 Å². The molecule has 146 valence electrons. The summed E-state index contributed by atoms with van der Waals surface area (Å²) >= 11 is 0. The number of hydrogen-bond acceptors (Lipinski definition) is 4. The SMILES string of the molecule is COC(=O)C=Cc1ccc(C(C#N)=CC=C(c2ccccc2)c2cccnc2)cc1. The van der Waals surface area contributed by atoms with Crippen molar-refractivity contribution in [3.05, 3.63) is 120 Å². The maximum Gasteiger partial charge on any atom is 0.330 e. The van der Waals surface area contributed by atoms with Crippen LogP contribution in [0.3, 0.4) is 0 Å². The number of aromatic nitrogens is 1. The monoisotopic (exact) mass is 392 g/mol. The van der Waals surface area contributed by atoms with Gasteiger partial charge in [-0.2, -0.15) is 5.26 Å². The van der Waals surface area contributed by atoms with Crippen LogP contribution in [0.25, 0.3) is 17.2 Å². The number of nitriles is 1. The summed E-state index contributed by atoms with van der Waals surface area (Å²) in [6.45, 7) is 0. The number of ether oxygens (including phenoxy) is 1. The molecule has 30 heavy (non-hydrogen) atoms. The van der Waals surface area contributed by atoms with Crippen molar-refractivity contribution >= 4 is 23.2 Å². The van der Waals surface area contributed by atoms with Gasteiger partial charge in [0.2, 0.25) is 0 Å². The van der Waals surface area contributed by atoms with Crippen molar-refractivity contribution in [2.24, 2.45) is 0 Å². The molecule has 0 amide bonds. The molecule has 0 aliphatic heterocycles. The molecule has 1 heterocycles. The molecule has 4 heteroatoms. The molecule has 3 aromatic rings. The van der Waals surface area contributed by atoms with Crippen LogP contribution in [-0.2, 0) is 9.53 Å². The van der Waals surface area contributed by atoms with Gasteiger partial charge in [0, 0.05) is 24.0 Å². The largest absolute Gasteiger partial charge is 0.466 e. The smallest absolute Gasteiger partial charge is 0.330 e. The molecule has 0 N–H and O–H groups in total. The fourth-order valence-electron chi connectivity index (χ4n) is 2.87. The van der Waals surface area contributed by atoms with E-state index >= 15 is 0 Å². The predicted molar refractivity (Wildman–Crippen MR) is 119 cm³/mol. The van der Waals surface area contributed by atoms with Crippen molar-refractivity contribution in [3.63, 3.8) is 0 Å². The molecule has 2 aromatic carbocycles. The number of benzene rings is 2. The Hall–Kier alpha value is -4.23. The Morgan fingerprint density at radius 2 is 1.67 bits per heavy atom. The number of rotatable bonds is 6. The number of hydrogen-bond donors (Lipinski definition) is 0. The third-order valence-electron chi connectivity index (χ3n) is 4.43. The highest BCUT2D eigenvalue weighted by atomic mass is 16.5. The number of pyridine rings is 1. The zero-order valence-corrected chi connectivity index (χ0v) is 16.5. The van der Waals surface area contributed by atoms with Gasteiger partial charge in [-0.05, 0) is 40.5 Å². The fourth-order valence-corrected chi connectivity index (χ4v) is 2.87. The summed E-state index contributed by atoms with van der Waals surface area (Å²) in [6.07, 6.45) is 10.3. The number of carbonyl (C=O) groups is 1. The van der Waals surface area contributed by atoms with Crippen molar-refractivity contribution in [2.45, 2.75) is 0 Å². The van der Waals surface area contributed by atoms with Gasteiger partial charge in [-0.1, -0.05) is 66.7 Å². The van der Waals surface area contributed by atoms with E-state index in [2.05, 4.69) is 15.8 Å². The molecule has 0 atom stereocenters. The van der Waals surface area contributed by atoms with Gasteiger partial charge in [-0.25, -0.2) is 4.79 Å². The molecular weight excluding hydrogens is 372 g/mol. The van der Waals surface area contributed by atoms with Crippen LogP contribution in [0.4, 0.5) is 0 Å². The second-order valence-electron chi connectivity index (χ2n) is 6.36. The second kappa shape index (κ2) is 10.4. The first-order valence-corrected chi connectivity index (χ1v) is 9.35. The normalized spacial score (nSPS) is 11.9. The predicted octanol–water partition coefficient (Wildman–Crippen LogP) is 5.31. The van der Waals surface area contributed by atoms with E-state index in [9.17, 15) is 10.1 Å². The third kappa shape index (κ3) is 5.40. The number of nitrogens with zero attached hydrogens (tertiary/aromatic N) is 2. The Kier molecular flexibility index (Phi) is 7.07. The Labute approximate surface area is 176 Å². The van der Waals surface area contributed by atoms with Gasteiger partial charge in [-0.3, -0.25) is 4.98 Å². The summed E-state index contributed by atoms with van der Waals surface area (Å²) in [4.78, 5) is 15.4. The topological polar surface area (TPSA) is 63.0 Å². The van der Waals surface area contributed by atoms with Crippen LogP contribution in [0.15, 0.2) is 97.4 Å². The molecule has 3 rings (SSSR count). The lowest BCUT2D eigenvalue weighted by Crippen LogP contribution is -1.93. The second-order valence-corrected chi connectivity index (χ2v) is 6.36. The molecule has 1 aromatic heterocycles. The van der Waals surface area contributed by atoms with Crippen molar-refractivity contribution in [2.75, 3.05) is 7.11 Å². The molecule has 0 spiro atoms. The Morgan fingerprint density at radius 1 is 0.933 bits per heavy atom. The maximum absolute atomic E-state index is 11.2. The van der Waals surface area contributed by atoms with Gasteiger partial charge < -0.3 is 4.74 Å². The van der Waals surface area contributed by atoms with Crippen LogP contribution in [0, 0.1) is 11.3 Å². The lowest BCUT2D eigenvalue weighted by atomic mass is 9.97. The quantitative estimate of drug-likeness (QED) is 0.247. The fraction of sp³-hybridized carbons (Fsp3) is 0.0385. The third-order valence-corrected chi connectivity index (χ3v) is 4.43. The van der Waals surface area contributed by atoms with Gasteiger partial charge in [0.05, 0.1) is 18.8 Å². The first-order valence-electron chi connectivity index (χ1n) is 9.35. The average Bonchev–Trinajstić information content (AvgIpc) is 2.82. The first-order chi connectivity index (χ1) is 14.7. The summed E-state index contributed by atoms with van der Waals surface area (Å²) in [7, 11) is 1.34. The lowest BCUT2D eigenvalue weighted by molar-refractivity contribution is -0.134. The summed E-state index contributed by atoms with van der Waals surface area (Å²) in [5.74, 6) is -0.411. The number of esters is 1. The molecule has 0 unspecified atom stereocenters. The van der Waals surface area contributed by atoms with E-state index in [4.69, 9.17) is 0 Å². The zero-order valence-electron chi connectivity index (χ0n) is 16.5. The average molecular weight is 392 g/mol. The summed E-state index contributed by atoms with van der Waals surface area (Å²) < 4.78 is 4.59. The number of methoxy groups -OCH3 is 1. The van der Waals surface area contributed by atoms with Gasteiger partial charge in [0.15, 0.2) is 0 Å².